The molecular weight excluding hydrogens is 450 g/mol. The first kappa shape index (κ1) is 23.8. The van der Waals surface area contributed by atoms with Gasteiger partial charge in [-0.3, -0.25) is 14.5 Å². The summed E-state index contributed by atoms with van der Waals surface area (Å²) in [6, 6.07) is 14.7. The molecule has 0 aliphatic carbocycles. The summed E-state index contributed by atoms with van der Waals surface area (Å²) in [4.78, 5) is 29.6. The number of benzene rings is 2. The van der Waals surface area contributed by atoms with Crippen LogP contribution in [0.25, 0.3) is 0 Å². The Balaban J connectivity index is 1.29. The number of carbonyl (C=O) groups excluding carboxylic acids is 2. The summed E-state index contributed by atoms with van der Waals surface area (Å²) in [7, 11) is 0. The summed E-state index contributed by atoms with van der Waals surface area (Å²) < 4.78 is 5.73. The van der Waals surface area contributed by atoms with Crippen molar-refractivity contribution in [2.24, 2.45) is 0 Å². The molecule has 1 aliphatic heterocycles. The highest BCUT2D eigenvalue weighted by Crippen LogP contribution is 2.18. The Bertz CT molecular complexity index is 1120. The zero-order valence-electron chi connectivity index (χ0n) is 19.5. The number of hydrogen-bond donors (Lipinski definition) is 1. The molecule has 1 aliphatic rings. The van der Waals surface area contributed by atoms with E-state index >= 15 is 0 Å². The highest BCUT2D eigenvalue weighted by atomic mass is 32.1. The first-order chi connectivity index (χ1) is 16.5. The normalized spacial score (nSPS) is 14.1. The largest absolute Gasteiger partial charge is 0.486 e. The maximum absolute atomic E-state index is 12.8. The Morgan fingerprint density at radius 1 is 1.06 bits per heavy atom. The lowest BCUT2D eigenvalue weighted by Crippen LogP contribution is -2.48. The number of anilines is 1. The van der Waals surface area contributed by atoms with Crippen molar-refractivity contribution in [3.05, 3.63) is 69.7 Å². The third-order valence-corrected chi connectivity index (χ3v) is 6.50. The van der Waals surface area contributed by atoms with Crippen LogP contribution in [-0.4, -0.2) is 64.5 Å². The van der Waals surface area contributed by atoms with E-state index < -0.39 is 0 Å². The molecule has 9 heteroatoms. The number of aryl methyl sites for hydroxylation is 1. The minimum atomic E-state index is -0.342. The van der Waals surface area contributed by atoms with Gasteiger partial charge < -0.3 is 15.0 Å². The molecule has 1 fully saturated rings. The third-order valence-electron chi connectivity index (χ3n) is 5.60. The zero-order valence-corrected chi connectivity index (χ0v) is 20.3. The predicted octanol–water partition coefficient (Wildman–Crippen LogP) is 3.85. The van der Waals surface area contributed by atoms with Crippen molar-refractivity contribution < 1.29 is 14.3 Å². The zero-order chi connectivity index (χ0) is 23.9. The molecule has 1 aromatic heterocycles. The number of rotatable bonds is 8. The van der Waals surface area contributed by atoms with Crippen LogP contribution in [0.15, 0.2) is 48.5 Å². The number of hydrogen-bond acceptors (Lipinski definition) is 7. The van der Waals surface area contributed by atoms with Crippen LogP contribution in [0.4, 0.5) is 5.69 Å². The van der Waals surface area contributed by atoms with E-state index in [1.807, 2.05) is 36.1 Å². The van der Waals surface area contributed by atoms with E-state index in [9.17, 15) is 9.59 Å². The Morgan fingerprint density at radius 3 is 2.53 bits per heavy atom. The number of aromatic nitrogens is 2. The van der Waals surface area contributed by atoms with Crippen molar-refractivity contribution in [1.82, 2.24) is 20.0 Å². The first-order valence-corrected chi connectivity index (χ1v) is 12.3. The average molecular weight is 480 g/mol. The maximum Gasteiger partial charge on any atom is 0.286 e. The van der Waals surface area contributed by atoms with Crippen molar-refractivity contribution in [2.45, 2.75) is 26.9 Å². The van der Waals surface area contributed by atoms with Gasteiger partial charge in [0.25, 0.3) is 11.8 Å². The summed E-state index contributed by atoms with van der Waals surface area (Å²) in [6.45, 7) is 8.79. The molecule has 2 amide bonds. The highest BCUT2D eigenvalue weighted by Gasteiger charge is 2.22. The van der Waals surface area contributed by atoms with Crippen LogP contribution in [0.1, 0.15) is 44.1 Å². The van der Waals surface area contributed by atoms with Crippen LogP contribution < -0.4 is 10.1 Å². The summed E-state index contributed by atoms with van der Waals surface area (Å²) in [6.07, 6.45) is 1.13. The topological polar surface area (TPSA) is 87.7 Å². The van der Waals surface area contributed by atoms with Crippen LogP contribution in [-0.2, 0) is 6.61 Å². The molecule has 1 N–H and O–H groups in total. The first-order valence-electron chi connectivity index (χ1n) is 11.5. The van der Waals surface area contributed by atoms with Crippen LogP contribution in [0, 0.1) is 6.92 Å². The molecule has 4 rings (SSSR count). The maximum atomic E-state index is 12.8. The summed E-state index contributed by atoms with van der Waals surface area (Å²) in [5, 5.41) is 11.7. The third kappa shape index (κ3) is 6.18. The fraction of sp³-hybridized carbons (Fsp3) is 0.360. The van der Waals surface area contributed by atoms with Gasteiger partial charge in [-0.25, -0.2) is 0 Å². The molecule has 0 spiro atoms. The molecular formula is C25H29N5O3S. The number of ether oxygens (including phenoxy) is 1. The molecule has 0 saturated carbocycles. The second-order valence-electron chi connectivity index (χ2n) is 8.27. The van der Waals surface area contributed by atoms with Gasteiger partial charge in [-0.15, -0.1) is 10.2 Å². The van der Waals surface area contributed by atoms with Crippen molar-refractivity contribution in [1.29, 1.82) is 0 Å². The lowest BCUT2D eigenvalue weighted by atomic mass is 10.1. The number of piperazine rings is 1. The minimum Gasteiger partial charge on any atom is -0.486 e. The van der Waals surface area contributed by atoms with Crippen molar-refractivity contribution in [3.8, 4) is 5.75 Å². The van der Waals surface area contributed by atoms with Gasteiger partial charge in [0.05, 0.1) is 0 Å². The van der Waals surface area contributed by atoms with E-state index in [-0.39, 0.29) is 23.4 Å². The monoisotopic (exact) mass is 479 g/mol. The molecule has 3 aromatic rings. The summed E-state index contributed by atoms with van der Waals surface area (Å²) >= 11 is 1.19. The molecule has 0 unspecified atom stereocenters. The summed E-state index contributed by atoms with van der Waals surface area (Å²) in [5.41, 5.74) is 2.33. The van der Waals surface area contributed by atoms with Gasteiger partial charge in [0.15, 0.2) is 5.01 Å². The van der Waals surface area contributed by atoms with Gasteiger partial charge in [0.1, 0.15) is 12.4 Å². The molecule has 2 aromatic carbocycles. The van der Waals surface area contributed by atoms with E-state index in [1.54, 1.807) is 24.3 Å². The second-order valence-corrected chi connectivity index (χ2v) is 9.33. The highest BCUT2D eigenvalue weighted by molar-refractivity contribution is 7.13. The Morgan fingerprint density at radius 2 is 1.82 bits per heavy atom. The van der Waals surface area contributed by atoms with Crippen molar-refractivity contribution in [2.75, 3.05) is 38.0 Å². The molecule has 8 nitrogen and oxygen atoms in total. The quantitative estimate of drug-likeness (QED) is 0.528. The molecule has 0 atom stereocenters. The number of nitrogens with zero attached hydrogens (tertiary/aromatic N) is 4. The van der Waals surface area contributed by atoms with Crippen LogP contribution in [0.3, 0.4) is 0 Å². The number of nitrogens with one attached hydrogen (secondary N) is 1. The van der Waals surface area contributed by atoms with E-state index in [2.05, 4.69) is 27.3 Å². The lowest BCUT2D eigenvalue weighted by Gasteiger charge is -2.34. The summed E-state index contributed by atoms with van der Waals surface area (Å²) in [5.74, 6) is 0.431. The van der Waals surface area contributed by atoms with Crippen LogP contribution in [0.2, 0.25) is 0 Å². The van der Waals surface area contributed by atoms with E-state index in [0.717, 1.165) is 50.5 Å². The molecule has 34 heavy (non-hydrogen) atoms. The fourth-order valence-corrected chi connectivity index (χ4v) is 4.46. The average Bonchev–Trinajstić information content (AvgIpc) is 3.33. The van der Waals surface area contributed by atoms with Gasteiger partial charge in [-0.05, 0) is 61.9 Å². The van der Waals surface area contributed by atoms with E-state index in [1.165, 1.54) is 11.3 Å². The van der Waals surface area contributed by atoms with Crippen molar-refractivity contribution in [3.63, 3.8) is 0 Å². The van der Waals surface area contributed by atoms with E-state index in [0.29, 0.717) is 16.3 Å². The predicted molar refractivity (Wildman–Crippen MR) is 132 cm³/mol. The molecule has 2 heterocycles. The molecule has 0 radical (unpaired) electrons. The van der Waals surface area contributed by atoms with Gasteiger partial charge in [-0.2, -0.15) is 0 Å². The smallest absolute Gasteiger partial charge is 0.286 e. The lowest BCUT2D eigenvalue weighted by molar-refractivity contribution is 0.0637. The van der Waals surface area contributed by atoms with E-state index in [4.69, 9.17) is 4.74 Å². The molecule has 0 bridgehead atoms. The van der Waals surface area contributed by atoms with Gasteiger partial charge in [0.2, 0.25) is 5.01 Å². The van der Waals surface area contributed by atoms with Gasteiger partial charge in [-0.1, -0.05) is 30.4 Å². The number of amides is 2. The SMILES string of the molecule is CCCN1CCN(C(=O)c2ccc(NC(=O)c3nnc(COc4cccc(C)c4)s3)cc2)CC1. The van der Waals surface area contributed by atoms with Crippen LogP contribution >= 0.6 is 11.3 Å². The Hall–Kier alpha value is -3.30. The van der Waals surface area contributed by atoms with Gasteiger partial charge >= 0.3 is 0 Å². The Kier molecular flexibility index (Phi) is 7.87. The van der Waals surface area contributed by atoms with Gasteiger partial charge in [0, 0.05) is 37.4 Å². The minimum absolute atomic E-state index is 0.0244. The Labute approximate surface area is 203 Å². The number of carbonyl (C=O) groups is 2. The fourth-order valence-electron chi connectivity index (χ4n) is 3.81. The molecule has 1 saturated heterocycles. The van der Waals surface area contributed by atoms with Crippen molar-refractivity contribution >= 4 is 28.8 Å². The standard InChI is InChI=1S/C25H29N5O3S/c1-3-11-29-12-14-30(15-13-29)25(32)19-7-9-20(10-8-19)26-23(31)24-28-27-22(34-24)17-33-21-6-4-5-18(2)16-21/h4-10,16H,3,11-15,17H2,1-2H3,(H,26,31). The molecule has 178 valence electrons. The van der Waals surface area contributed by atoms with Crippen LogP contribution in [0.5, 0.6) is 5.75 Å². The second kappa shape index (κ2) is 11.2.